The van der Waals surface area contributed by atoms with Crippen LogP contribution in [0.15, 0.2) is 12.3 Å². The Balaban J connectivity index is 2.89. The first kappa shape index (κ1) is 12.4. The van der Waals surface area contributed by atoms with Gasteiger partial charge in [0, 0.05) is 31.9 Å². The van der Waals surface area contributed by atoms with Crippen LogP contribution < -0.4 is 10.2 Å². The summed E-state index contributed by atoms with van der Waals surface area (Å²) >= 11 is 0. The molecule has 0 spiro atoms. The van der Waals surface area contributed by atoms with Crippen LogP contribution in [0.4, 0.5) is 11.5 Å². The molecular weight excluding hydrogens is 208 g/mol. The molecule has 0 aliphatic carbocycles. The summed E-state index contributed by atoms with van der Waals surface area (Å²) in [7, 11) is 3.72. The molecule has 16 heavy (non-hydrogen) atoms. The highest BCUT2D eigenvalue weighted by atomic mass is 16.6. The predicted molar refractivity (Wildman–Crippen MR) is 62.8 cm³/mol. The van der Waals surface area contributed by atoms with Crippen molar-refractivity contribution in [1.29, 1.82) is 0 Å². The fraction of sp³-hybridized carbons (Fsp3) is 0.500. The van der Waals surface area contributed by atoms with E-state index in [1.807, 2.05) is 19.0 Å². The number of pyridine rings is 1. The molecule has 6 heteroatoms. The molecule has 0 fully saturated rings. The molecule has 88 valence electrons. The molecule has 0 saturated carbocycles. The summed E-state index contributed by atoms with van der Waals surface area (Å²) in [5.41, 5.74) is 0.692. The van der Waals surface area contributed by atoms with Gasteiger partial charge in [-0.1, -0.05) is 0 Å². The molecule has 0 atom stereocenters. The van der Waals surface area contributed by atoms with Crippen LogP contribution in [-0.4, -0.2) is 37.1 Å². The number of anilines is 1. The normalized spacial score (nSPS) is 10.2. The lowest BCUT2D eigenvalue weighted by atomic mass is 10.2. The van der Waals surface area contributed by atoms with Crippen molar-refractivity contribution < 1.29 is 4.92 Å². The van der Waals surface area contributed by atoms with E-state index in [9.17, 15) is 10.1 Å². The monoisotopic (exact) mass is 224 g/mol. The number of likely N-dealkylation sites (N-methyl/N-ethyl adjacent to an activating group) is 2. The maximum Gasteiger partial charge on any atom is 0.277 e. The number of hydrogen-bond donors (Lipinski definition) is 1. The van der Waals surface area contributed by atoms with E-state index < -0.39 is 0 Å². The number of hydrogen-bond acceptors (Lipinski definition) is 5. The summed E-state index contributed by atoms with van der Waals surface area (Å²) in [5, 5.41) is 13.8. The highest BCUT2D eigenvalue weighted by Gasteiger charge is 2.13. The van der Waals surface area contributed by atoms with Gasteiger partial charge in [0.05, 0.1) is 11.0 Å². The second kappa shape index (κ2) is 5.41. The lowest BCUT2D eigenvalue weighted by Crippen LogP contribution is -2.27. The molecule has 6 nitrogen and oxygen atoms in total. The van der Waals surface area contributed by atoms with Crippen molar-refractivity contribution >= 4 is 11.5 Å². The van der Waals surface area contributed by atoms with Crippen LogP contribution in [0.25, 0.3) is 0 Å². The standard InChI is InChI=1S/C10H16N4O2/c1-8-7-12-10(6-9(8)14(15)16)13(3)5-4-11-2/h6-7,11H,4-5H2,1-3H3. The minimum Gasteiger partial charge on any atom is -0.358 e. The highest BCUT2D eigenvalue weighted by molar-refractivity contribution is 5.50. The van der Waals surface area contributed by atoms with E-state index in [1.54, 1.807) is 6.92 Å². The van der Waals surface area contributed by atoms with Crippen LogP contribution in [0.3, 0.4) is 0 Å². The third kappa shape index (κ3) is 2.90. The molecule has 0 radical (unpaired) electrons. The maximum atomic E-state index is 10.8. The van der Waals surface area contributed by atoms with Crippen LogP contribution in [0, 0.1) is 17.0 Å². The van der Waals surface area contributed by atoms with Crippen molar-refractivity contribution in [3.8, 4) is 0 Å². The number of nitrogens with zero attached hydrogens (tertiary/aromatic N) is 3. The van der Waals surface area contributed by atoms with Crippen LogP contribution >= 0.6 is 0 Å². The smallest absolute Gasteiger partial charge is 0.277 e. The van der Waals surface area contributed by atoms with Crippen LogP contribution in [-0.2, 0) is 0 Å². The highest BCUT2D eigenvalue weighted by Crippen LogP contribution is 2.21. The van der Waals surface area contributed by atoms with E-state index in [1.165, 1.54) is 12.3 Å². The third-order valence-electron chi connectivity index (χ3n) is 2.35. The van der Waals surface area contributed by atoms with Gasteiger partial charge in [-0.25, -0.2) is 4.98 Å². The first-order chi connectivity index (χ1) is 7.56. The van der Waals surface area contributed by atoms with Crippen molar-refractivity contribution in [1.82, 2.24) is 10.3 Å². The van der Waals surface area contributed by atoms with Gasteiger partial charge in [0.15, 0.2) is 0 Å². The molecule has 1 aromatic heterocycles. The summed E-state index contributed by atoms with van der Waals surface area (Å²) in [4.78, 5) is 16.4. The largest absolute Gasteiger partial charge is 0.358 e. The van der Waals surface area contributed by atoms with E-state index in [0.717, 1.165) is 13.1 Å². The lowest BCUT2D eigenvalue weighted by molar-refractivity contribution is -0.385. The molecule has 0 aliphatic rings. The van der Waals surface area contributed by atoms with Crippen molar-refractivity contribution in [2.24, 2.45) is 0 Å². The summed E-state index contributed by atoms with van der Waals surface area (Å²) in [5.74, 6) is 0.618. The van der Waals surface area contributed by atoms with Gasteiger partial charge in [0.25, 0.3) is 5.69 Å². The predicted octanol–water partition coefficient (Wildman–Crippen LogP) is 0.954. The second-order valence-corrected chi connectivity index (χ2v) is 3.61. The molecule has 0 bridgehead atoms. The first-order valence-electron chi connectivity index (χ1n) is 5.03. The Bertz CT molecular complexity index is 381. The van der Waals surface area contributed by atoms with Gasteiger partial charge in [-0.05, 0) is 14.0 Å². The summed E-state index contributed by atoms with van der Waals surface area (Å²) in [6.45, 7) is 3.24. The van der Waals surface area contributed by atoms with Gasteiger partial charge in [0.1, 0.15) is 5.82 Å². The van der Waals surface area contributed by atoms with E-state index in [-0.39, 0.29) is 10.6 Å². The molecule has 0 aromatic carbocycles. The number of nitro groups is 1. The molecule has 1 N–H and O–H groups in total. The third-order valence-corrected chi connectivity index (χ3v) is 2.35. The molecule has 0 unspecified atom stereocenters. The fourth-order valence-corrected chi connectivity index (χ4v) is 1.30. The number of rotatable bonds is 5. The summed E-state index contributed by atoms with van der Waals surface area (Å²) in [6, 6.07) is 1.50. The number of aromatic nitrogens is 1. The van der Waals surface area contributed by atoms with Gasteiger partial charge >= 0.3 is 0 Å². The molecule has 1 heterocycles. The Kier molecular flexibility index (Phi) is 4.19. The minimum atomic E-state index is -0.383. The summed E-state index contributed by atoms with van der Waals surface area (Å²) in [6.07, 6.45) is 1.53. The maximum absolute atomic E-state index is 10.8. The Hall–Kier alpha value is -1.69. The Labute approximate surface area is 94.4 Å². The van der Waals surface area contributed by atoms with Crippen LogP contribution in [0.1, 0.15) is 5.56 Å². The van der Waals surface area contributed by atoms with Crippen molar-refractivity contribution in [2.75, 3.05) is 32.1 Å². The van der Waals surface area contributed by atoms with Gasteiger partial charge in [-0.15, -0.1) is 0 Å². The number of aryl methyl sites for hydroxylation is 1. The first-order valence-corrected chi connectivity index (χ1v) is 5.03. The van der Waals surface area contributed by atoms with Crippen molar-refractivity contribution in [3.05, 3.63) is 27.9 Å². The minimum absolute atomic E-state index is 0.112. The average molecular weight is 224 g/mol. The zero-order valence-corrected chi connectivity index (χ0v) is 9.73. The molecule has 0 amide bonds. The van der Waals surface area contributed by atoms with Crippen LogP contribution in [0.5, 0.6) is 0 Å². The summed E-state index contributed by atoms with van der Waals surface area (Å²) < 4.78 is 0. The Morgan fingerprint density at radius 1 is 1.62 bits per heavy atom. The van der Waals surface area contributed by atoms with Gasteiger partial charge in [0.2, 0.25) is 0 Å². The quantitative estimate of drug-likeness (QED) is 0.595. The number of nitrogens with one attached hydrogen (secondary N) is 1. The lowest BCUT2D eigenvalue weighted by Gasteiger charge is -2.17. The van der Waals surface area contributed by atoms with Gasteiger partial charge in [-0.2, -0.15) is 0 Å². The van der Waals surface area contributed by atoms with E-state index in [4.69, 9.17) is 0 Å². The molecule has 0 aliphatic heterocycles. The zero-order chi connectivity index (χ0) is 12.1. The molecule has 0 saturated heterocycles. The second-order valence-electron chi connectivity index (χ2n) is 3.61. The van der Waals surface area contributed by atoms with Crippen molar-refractivity contribution in [3.63, 3.8) is 0 Å². The van der Waals surface area contributed by atoms with Crippen molar-refractivity contribution in [2.45, 2.75) is 6.92 Å². The fourth-order valence-electron chi connectivity index (χ4n) is 1.30. The van der Waals surface area contributed by atoms with E-state index in [2.05, 4.69) is 10.3 Å². The zero-order valence-electron chi connectivity index (χ0n) is 9.73. The molecular formula is C10H16N4O2. The van der Waals surface area contributed by atoms with E-state index >= 15 is 0 Å². The van der Waals surface area contributed by atoms with Gasteiger partial charge in [-0.3, -0.25) is 10.1 Å². The SMILES string of the molecule is CNCCN(C)c1cc([N+](=O)[O-])c(C)cn1. The Morgan fingerprint density at radius 2 is 2.31 bits per heavy atom. The Morgan fingerprint density at radius 3 is 2.88 bits per heavy atom. The average Bonchev–Trinajstić information content (AvgIpc) is 2.26. The van der Waals surface area contributed by atoms with E-state index in [0.29, 0.717) is 11.4 Å². The molecule has 1 rings (SSSR count). The van der Waals surface area contributed by atoms with Gasteiger partial charge < -0.3 is 10.2 Å². The molecule has 1 aromatic rings. The topological polar surface area (TPSA) is 71.3 Å². The van der Waals surface area contributed by atoms with Crippen LogP contribution in [0.2, 0.25) is 0 Å².